The molecule has 0 aromatic heterocycles. The third-order valence-electron chi connectivity index (χ3n) is 3.36. The maximum atomic E-state index is 11.9. The van der Waals surface area contributed by atoms with Crippen molar-refractivity contribution in [2.45, 2.75) is 13.0 Å². The first-order valence-corrected chi connectivity index (χ1v) is 8.35. The summed E-state index contributed by atoms with van der Waals surface area (Å²) in [5.41, 5.74) is 1.60. The van der Waals surface area contributed by atoms with Crippen LogP contribution in [-0.4, -0.2) is 18.5 Å². The van der Waals surface area contributed by atoms with Gasteiger partial charge in [-0.15, -0.1) is 0 Å². The zero-order chi connectivity index (χ0) is 18.2. The lowest BCUT2D eigenvalue weighted by atomic mass is 10.1. The van der Waals surface area contributed by atoms with E-state index in [-0.39, 0.29) is 12.6 Å². The topological polar surface area (TPSA) is 55.4 Å². The van der Waals surface area contributed by atoms with Gasteiger partial charge in [0, 0.05) is 16.1 Å². The molecule has 4 nitrogen and oxygen atoms in total. The number of esters is 1. The molecule has 25 heavy (non-hydrogen) atoms. The normalized spacial score (nSPS) is 12.0. The molecule has 0 fully saturated rings. The molecule has 0 unspecified atom stereocenters. The van der Waals surface area contributed by atoms with Gasteiger partial charge < -0.3 is 10.1 Å². The van der Waals surface area contributed by atoms with Crippen LogP contribution in [0.3, 0.4) is 0 Å². The summed E-state index contributed by atoms with van der Waals surface area (Å²) >= 11 is 12.0. The van der Waals surface area contributed by atoms with Crippen molar-refractivity contribution in [1.82, 2.24) is 5.32 Å². The van der Waals surface area contributed by atoms with E-state index in [0.29, 0.717) is 10.0 Å². The van der Waals surface area contributed by atoms with Crippen molar-refractivity contribution in [2.24, 2.45) is 0 Å². The van der Waals surface area contributed by atoms with Crippen LogP contribution in [0.25, 0.3) is 6.08 Å². The molecular formula is C19H17Cl2NO3. The molecule has 2 rings (SSSR count). The summed E-state index contributed by atoms with van der Waals surface area (Å²) in [5.74, 6) is -1.00. The molecule has 2 aromatic rings. The van der Waals surface area contributed by atoms with Gasteiger partial charge >= 0.3 is 5.97 Å². The van der Waals surface area contributed by atoms with Gasteiger partial charge in [0.1, 0.15) is 0 Å². The largest absolute Gasteiger partial charge is 0.452 e. The standard InChI is InChI=1S/C19H17Cl2NO3/c1-13(16-9-8-15(20)11-17(16)21)22-18(23)12-25-19(24)10-7-14-5-3-2-4-6-14/h2-11,13H,12H2,1H3,(H,22,23)/b10-7+/t13-/m1/s1. The molecule has 0 aliphatic carbocycles. The van der Waals surface area contributed by atoms with Gasteiger partial charge in [-0.1, -0.05) is 59.6 Å². The summed E-state index contributed by atoms with van der Waals surface area (Å²) < 4.78 is 4.92. The van der Waals surface area contributed by atoms with Gasteiger partial charge in [0.15, 0.2) is 6.61 Å². The van der Waals surface area contributed by atoms with Crippen molar-refractivity contribution < 1.29 is 14.3 Å². The highest BCUT2D eigenvalue weighted by Crippen LogP contribution is 2.25. The number of halogens is 2. The lowest BCUT2D eigenvalue weighted by Gasteiger charge is -2.15. The smallest absolute Gasteiger partial charge is 0.331 e. The molecule has 1 amide bonds. The Labute approximate surface area is 156 Å². The fraction of sp³-hybridized carbons (Fsp3) is 0.158. The highest BCUT2D eigenvalue weighted by atomic mass is 35.5. The summed E-state index contributed by atoms with van der Waals surface area (Å²) in [6.45, 7) is 1.41. The van der Waals surface area contributed by atoms with E-state index in [2.05, 4.69) is 5.32 Å². The second kappa shape index (κ2) is 9.25. The minimum atomic E-state index is -0.587. The molecule has 130 valence electrons. The van der Waals surface area contributed by atoms with Crippen LogP contribution >= 0.6 is 23.2 Å². The van der Waals surface area contributed by atoms with Crippen molar-refractivity contribution >= 4 is 41.2 Å². The molecule has 0 bridgehead atoms. The maximum Gasteiger partial charge on any atom is 0.331 e. The third-order valence-corrected chi connectivity index (χ3v) is 3.93. The second-order valence-corrected chi connectivity index (χ2v) is 6.15. The SMILES string of the molecule is C[C@@H](NC(=O)COC(=O)/C=C/c1ccccc1)c1ccc(Cl)cc1Cl. The monoisotopic (exact) mass is 377 g/mol. The first-order chi connectivity index (χ1) is 12.0. The van der Waals surface area contributed by atoms with Gasteiger partial charge in [0.2, 0.25) is 0 Å². The summed E-state index contributed by atoms with van der Waals surface area (Å²) in [6, 6.07) is 14.0. The van der Waals surface area contributed by atoms with E-state index in [1.807, 2.05) is 30.3 Å². The molecular weight excluding hydrogens is 361 g/mol. The van der Waals surface area contributed by atoms with Gasteiger partial charge in [0.25, 0.3) is 5.91 Å². The fourth-order valence-corrected chi connectivity index (χ4v) is 2.70. The van der Waals surface area contributed by atoms with Crippen LogP contribution in [0.2, 0.25) is 10.0 Å². The Kier molecular flexibility index (Phi) is 7.04. The van der Waals surface area contributed by atoms with Crippen LogP contribution in [0.1, 0.15) is 24.1 Å². The Morgan fingerprint density at radius 2 is 1.88 bits per heavy atom. The van der Waals surface area contributed by atoms with Crippen molar-refractivity contribution in [2.75, 3.05) is 6.61 Å². The molecule has 1 N–H and O–H groups in total. The number of ether oxygens (including phenoxy) is 1. The molecule has 0 saturated heterocycles. The number of amides is 1. The molecule has 2 aromatic carbocycles. The van der Waals surface area contributed by atoms with Gasteiger partial charge in [0.05, 0.1) is 6.04 Å². The average Bonchev–Trinajstić information content (AvgIpc) is 2.59. The molecule has 0 heterocycles. The molecule has 6 heteroatoms. The number of carbonyl (C=O) groups is 2. The van der Waals surface area contributed by atoms with Gasteiger partial charge in [-0.25, -0.2) is 4.79 Å². The van der Waals surface area contributed by atoms with Gasteiger partial charge in [-0.05, 0) is 36.3 Å². The third kappa shape index (κ3) is 6.25. The Morgan fingerprint density at radius 3 is 2.56 bits per heavy atom. The van der Waals surface area contributed by atoms with Crippen LogP contribution in [0, 0.1) is 0 Å². The Bertz CT molecular complexity index is 775. The summed E-state index contributed by atoms with van der Waals surface area (Å²) in [7, 11) is 0. The van der Waals surface area contributed by atoms with Crippen molar-refractivity contribution in [1.29, 1.82) is 0 Å². The Morgan fingerprint density at radius 1 is 1.16 bits per heavy atom. The van der Waals surface area contributed by atoms with E-state index >= 15 is 0 Å². The molecule has 1 atom stereocenters. The highest BCUT2D eigenvalue weighted by molar-refractivity contribution is 6.35. The van der Waals surface area contributed by atoms with E-state index in [1.54, 1.807) is 31.2 Å². The molecule has 0 radical (unpaired) electrons. The van der Waals surface area contributed by atoms with E-state index < -0.39 is 11.9 Å². The molecule has 0 spiro atoms. The second-order valence-electron chi connectivity index (χ2n) is 5.31. The van der Waals surface area contributed by atoms with Crippen molar-refractivity contribution in [3.8, 4) is 0 Å². The van der Waals surface area contributed by atoms with Gasteiger partial charge in [-0.2, -0.15) is 0 Å². The lowest BCUT2D eigenvalue weighted by molar-refractivity contribution is -0.144. The number of hydrogen-bond donors (Lipinski definition) is 1. The van der Waals surface area contributed by atoms with E-state index in [0.717, 1.165) is 11.1 Å². The van der Waals surface area contributed by atoms with Crippen LogP contribution in [0.4, 0.5) is 0 Å². The van der Waals surface area contributed by atoms with Crippen LogP contribution in [0.5, 0.6) is 0 Å². The number of nitrogens with one attached hydrogen (secondary N) is 1. The summed E-state index contributed by atoms with van der Waals surface area (Å²) in [6.07, 6.45) is 2.90. The first kappa shape index (κ1) is 19.0. The Balaban J connectivity index is 1.81. The molecule has 0 saturated carbocycles. The minimum Gasteiger partial charge on any atom is -0.452 e. The number of carbonyl (C=O) groups excluding carboxylic acids is 2. The molecule has 0 aliphatic rings. The summed E-state index contributed by atoms with van der Waals surface area (Å²) in [5, 5.41) is 3.70. The van der Waals surface area contributed by atoms with Gasteiger partial charge in [-0.3, -0.25) is 4.79 Å². The highest BCUT2D eigenvalue weighted by Gasteiger charge is 2.14. The first-order valence-electron chi connectivity index (χ1n) is 7.60. The van der Waals surface area contributed by atoms with Crippen molar-refractivity contribution in [3.63, 3.8) is 0 Å². The van der Waals surface area contributed by atoms with E-state index in [1.165, 1.54) is 6.08 Å². The Hall–Kier alpha value is -2.30. The van der Waals surface area contributed by atoms with E-state index in [4.69, 9.17) is 27.9 Å². The average molecular weight is 378 g/mol. The molecule has 0 aliphatic heterocycles. The number of rotatable bonds is 6. The van der Waals surface area contributed by atoms with Crippen LogP contribution in [0.15, 0.2) is 54.6 Å². The summed E-state index contributed by atoms with van der Waals surface area (Å²) in [4.78, 5) is 23.5. The zero-order valence-electron chi connectivity index (χ0n) is 13.5. The number of benzene rings is 2. The maximum absolute atomic E-state index is 11.9. The quantitative estimate of drug-likeness (QED) is 0.598. The minimum absolute atomic E-state index is 0.337. The number of hydrogen-bond acceptors (Lipinski definition) is 3. The van der Waals surface area contributed by atoms with Crippen molar-refractivity contribution in [3.05, 3.63) is 75.8 Å². The fourth-order valence-electron chi connectivity index (χ4n) is 2.13. The predicted molar refractivity (Wildman–Crippen MR) is 99.5 cm³/mol. The van der Waals surface area contributed by atoms with E-state index in [9.17, 15) is 9.59 Å². The predicted octanol–water partition coefficient (Wildman–Crippen LogP) is 4.43. The lowest BCUT2D eigenvalue weighted by Crippen LogP contribution is -2.31. The zero-order valence-corrected chi connectivity index (χ0v) is 15.1. The van der Waals surface area contributed by atoms with Crippen LogP contribution < -0.4 is 5.32 Å². The van der Waals surface area contributed by atoms with Crippen LogP contribution in [-0.2, 0) is 14.3 Å².